The minimum Gasteiger partial charge on any atom is -0.484 e. The lowest BCUT2D eigenvalue weighted by Crippen LogP contribution is -2.43. The van der Waals surface area contributed by atoms with Crippen LogP contribution in [0.15, 0.2) is 39.5 Å². The number of fused-ring (bicyclic) bond motifs is 1. The van der Waals surface area contributed by atoms with E-state index in [0.29, 0.717) is 23.8 Å². The van der Waals surface area contributed by atoms with E-state index in [9.17, 15) is 9.59 Å². The van der Waals surface area contributed by atoms with Crippen LogP contribution in [0.1, 0.15) is 12.8 Å². The molecule has 1 unspecified atom stereocenters. The molecule has 1 heterocycles. The van der Waals surface area contributed by atoms with E-state index in [4.69, 9.17) is 14.9 Å². The lowest BCUT2D eigenvalue weighted by atomic mass is 10.2. The fourth-order valence-corrected chi connectivity index (χ4v) is 2.40. The summed E-state index contributed by atoms with van der Waals surface area (Å²) in [5.41, 5.74) is 5.66. The van der Waals surface area contributed by atoms with Crippen LogP contribution in [0.2, 0.25) is 0 Å². The summed E-state index contributed by atoms with van der Waals surface area (Å²) in [5.74, 6) is 0.786. The average Bonchev–Trinajstić information content (AvgIpc) is 3.35. The average molecular weight is 302 g/mol. The lowest BCUT2D eigenvalue weighted by Gasteiger charge is -2.16. The van der Waals surface area contributed by atoms with Crippen molar-refractivity contribution < 1.29 is 13.9 Å². The zero-order valence-electron chi connectivity index (χ0n) is 12.1. The molecule has 1 atom stereocenters. The monoisotopic (exact) mass is 302 g/mol. The Morgan fingerprint density at radius 1 is 1.36 bits per heavy atom. The largest absolute Gasteiger partial charge is 0.484 e. The first-order valence-corrected chi connectivity index (χ1v) is 7.32. The number of amides is 1. The minimum atomic E-state index is -0.419. The SMILES string of the molecule is NCC(NC(=O)COc1ccc2ccc(=O)oc2c1)C1CC1. The topological polar surface area (TPSA) is 94.6 Å². The molecule has 3 rings (SSSR count). The smallest absolute Gasteiger partial charge is 0.336 e. The molecule has 1 aliphatic rings. The molecule has 2 aromatic rings. The molecule has 1 saturated carbocycles. The van der Waals surface area contributed by atoms with Gasteiger partial charge in [-0.05, 0) is 37.0 Å². The Balaban J connectivity index is 1.60. The zero-order valence-corrected chi connectivity index (χ0v) is 12.1. The number of carbonyl (C=O) groups is 1. The first-order valence-electron chi connectivity index (χ1n) is 7.32. The number of rotatable bonds is 6. The third-order valence-corrected chi connectivity index (χ3v) is 3.76. The minimum absolute atomic E-state index is 0.0331. The van der Waals surface area contributed by atoms with E-state index in [-0.39, 0.29) is 18.6 Å². The van der Waals surface area contributed by atoms with Crippen molar-refractivity contribution in [3.05, 3.63) is 40.8 Å². The van der Waals surface area contributed by atoms with Crippen molar-refractivity contribution in [2.24, 2.45) is 11.7 Å². The molecule has 116 valence electrons. The molecule has 22 heavy (non-hydrogen) atoms. The van der Waals surface area contributed by atoms with Gasteiger partial charge in [-0.25, -0.2) is 4.79 Å². The first kappa shape index (κ1) is 14.6. The maximum Gasteiger partial charge on any atom is 0.336 e. The van der Waals surface area contributed by atoms with E-state index < -0.39 is 5.63 Å². The highest BCUT2D eigenvalue weighted by molar-refractivity contribution is 5.79. The van der Waals surface area contributed by atoms with E-state index in [2.05, 4.69) is 5.32 Å². The molecule has 1 aliphatic carbocycles. The van der Waals surface area contributed by atoms with Crippen LogP contribution in [0.4, 0.5) is 0 Å². The van der Waals surface area contributed by atoms with Gasteiger partial charge < -0.3 is 20.2 Å². The molecule has 1 fully saturated rings. The van der Waals surface area contributed by atoms with Gasteiger partial charge in [-0.15, -0.1) is 0 Å². The molecule has 3 N–H and O–H groups in total. The molecule has 6 nitrogen and oxygen atoms in total. The Bertz CT molecular complexity index is 736. The number of benzene rings is 1. The van der Waals surface area contributed by atoms with Crippen molar-refractivity contribution >= 4 is 16.9 Å². The highest BCUT2D eigenvalue weighted by atomic mass is 16.5. The number of hydrogen-bond acceptors (Lipinski definition) is 5. The van der Waals surface area contributed by atoms with Crippen LogP contribution in [0.5, 0.6) is 5.75 Å². The zero-order chi connectivity index (χ0) is 15.5. The molecule has 1 aromatic carbocycles. The third-order valence-electron chi connectivity index (χ3n) is 3.76. The molecule has 0 radical (unpaired) electrons. The predicted octanol–water partition coefficient (Wildman–Crippen LogP) is 1.03. The maximum atomic E-state index is 11.9. The van der Waals surface area contributed by atoms with Gasteiger partial charge in [0.15, 0.2) is 6.61 Å². The van der Waals surface area contributed by atoms with Gasteiger partial charge in [-0.3, -0.25) is 4.79 Å². The summed E-state index contributed by atoms with van der Waals surface area (Å²) >= 11 is 0. The standard InChI is InChI=1S/C16H18N2O4/c17-8-13(10-1-2-10)18-15(19)9-21-12-5-3-11-4-6-16(20)22-14(11)7-12/h3-7,10,13H,1-2,8-9,17H2,(H,18,19). The number of hydrogen-bond donors (Lipinski definition) is 2. The summed E-state index contributed by atoms with van der Waals surface area (Å²) in [6.07, 6.45) is 2.24. The van der Waals surface area contributed by atoms with Crippen molar-refractivity contribution in [1.29, 1.82) is 0 Å². The van der Waals surface area contributed by atoms with Gasteiger partial charge in [0.2, 0.25) is 0 Å². The second-order valence-electron chi connectivity index (χ2n) is 5.49. The number of ether oxygens (including phenoxy) is 1. The van der Waals surface area contributed by atoms with Gasteiger partial charge >= 0.3 is 5.63 Å². The van der Waals surface area contributed by atoms with Gasteiger partial charge in [0.05, 0.1) is 0 Å². The molecule has 0 bridgehead atoms. The molecular formula is C16H18N2O4. The first-order chi connectivity index (χ1) is 10.7. The summed E-state index contributed by atoms with van der Waals surface area (Å²) < 4.78 is 10.5. The molecule has 0 saturated heterocycles. The van der Waals surface area contributed by atoms with Crippen molar-refractivity contribution in [2.45, 2.75) is 18.9 Å². The maximum absolute atomic E-state index is 11.9. The van der Waals surface area contributed by atoms with Gasteiger partial charge in [0, 0.05) is 30.1 Å². The van der Waals surface area contributed by atoms with E-state index in [1.54, 1.807) is 24.3 Å². The van der Waals surface area contributed by atoms with Crippen molar-refractivity contribution in [3.63, 3.8) is 0 Å². The Morgan fingerprint density at radius 2 is 2.14 bits per heavy atom. The summed E-state index contributed by atoms with van der Waals surface area (Å²) in [6, 6.07) is 8.19. The highest BCUT2D eigenvalue weighted by Gasteiger charge is 2.31. The predicted molar refractivity (Wildman–Crippen MR) is 81.7 cm³/mol. The summed E-state index contributed by atoms with van der Waals surface area (Å²) in [4.78, 5) is 23.1. The Labute approximate surface area is 127 Å². The van der Waals surface area contributed by atoms with Gasteiger partial charge in [0.1, 0.15) is 11.3 Å². The molecule has 1 amide bonds. The third kappa shape index (κ3) is 3.46. The van der Waals surface area contributed by atoms with E-state index in [1.165, 1.54) is 6.07 Å². The van der Waals surface area contributed by atoms with Crippen molar-refractivity contribution in [2.75, 3.05) is 13.2 Å². The Morgan fingerprint density at radius 3 is 2.86 bits per heavy atom. The van der Waals surface area contributed by atoms with Crippen LogP contribution < -0.4 is 21.4 Å². The van der Waals surface area contributed by atoms with Crippen LogP contribution >= 0.6 is 0 Å². The van der Waals surface area contributed by atoms with Crippen LogP contribution in [0.3, 0.4) is 0 Å². The van der Waals surface area contributed by atoms with Gasteiger partial charge in [0.25, 0.3) is 5.91 Å². The van der Waals surface area contributed by atoms with E-state index in [0.717, 1.165) is 18.2 Å². The second-order valence-corrected chi connectivity index (χ2v) is 5.49. The Hall–Kier alpha value is -2.34. The van der Waals surface area contributed by atoms with Crippen molar-refractivity contribution in [1.82, 2.24) is 5.32 Å². The number of carbonyl (C=O) groups excluding carboxylic acids is 1. The molecule has 0 spiro atoms. The van der Waals surface area contributed by atoms with E-state index in [1.807, 2.05) is 0 Å². The number of nitrogens with two attached hydrogens (primary N) is 1. The Kier molecular flexibility index (Phi) is 4.11. The quantitative estimate of drug-likeness (QED) is 0.777. The van der Waals surface area contributed by atoms with Crippen molar-refractivity contribution in [3.8, 4) is 5.75 Å². The summed E-state index contributed by atoms with van der Waals surface area (Å²) in [6.45, 7) is 0.351. The van der Waals surface area contributed by atoms with Gasteiger partial charge in [-0.2, -0.15) is 0 Å². The van der Waals surface area contributed by atoms with Crippen LogP contribution in [-0.4, -0.2) is 25.1 Å². The summed E-state index contributed by atoms with van der Waals surface area (Å²) in [7, 11) is 0. The molecular weight excluding hydrogens is 284 g/mol. The molecule has 6 heteroatoms. The van der Waals surface area contributed by atoms with Crippen LogP contribution in [0, 0.1) is 5.92 Å². The lowest BCUT2D eigenvalue weighted by molar-refractivity contribution is -0.123. The fraction of sp³-hybridized carbons (Fsp3) is 0.375. The molecule has 0 aliphatic heterocycles. The van der Waals surface area contributed by atoms with Gasteiger partial charge in [-0.1, -0.05) is 0 Å². The normalized spacial score (nSPS) is 15.5. The molecule has 1 aromatic heterocycles. The van der Waals surface area contributed by atoms with Crippen LogP contribution in [0.25, 0.3) is 11.0 Å². The summed E-state index contributed by atoms with van der Waals surface area (Å²) in [5, 5.41) is 3.68. The van der Waals surface area contributed by atoms with E-state index >= 15 is 0 Å². The highest BCUT2D eigenvalue weighted by Crippen LogP contribution is 2.32. The second kappa shape index (κ2) is 6.19. The fourth-order valence-electron chi connectivity index (χ4n) is 2.40. The van der Waals surface area contributed by atoms with Crippen LogP contribution in [-0.2, 0) is 4.79 Å². The number of nitrogens with one attached hydrogen (secondary N) is 1.